The molecule has 4 nitrogen and oxygen atoms in total. The second kappa shape index (κ2) is 11.8. The van der Waals surface area contributed by atoms with E-state index in [-0.39, 0.29) is 18.2 Å². The highest BCUT2D eigenvalue weighted by Gasteiger charge is 2.34. The molecule has 0 fully saturated rings. The van der Waals surface area contributed by atoms with E-state index in [1.54, 1.807) is 0 Å². The Balaban J connectivity index is 1.20. The Morgan fingerprint density at radius 2 is 1.33 bits per heavy atom. The van der Waals surface area contributed by atoms with Gasteiger partial charge in [0.15, 0.2) is 0 Å². The molecular formula is C44H35N3O. The monoisotopic (exact) mass is 621 g/mol. The van der Waals surface area contributed by atoms with Crippen LogP contribution in [0.1, 0.15) is 23.7 Å². The Labute approximate surface area is 280 Å². The summed E-state index contributed by atoms with van der Waals surface area (Å²) >= 11 is 0. The van der Waals surface area contributed by atoms with Gasteiger partial charge >= 0.3 is 0 Å². The van der Waals surface area contributed by atoms with E-state index in [4.69, 9.17) is 9.41 Å². The molecular weight excluding hydrogens is 587 g/mol. The maximum absolute atomic E-state index is 6.83. The Morgan fingerprint density at radius 3 is 2.10 bits per heavy atom. The summed E-state index contributed by atoms with van der Waals surface area (Å²) in [5.74, 6) is 1.26. The van der Waals surface area contributed by atoms with E-state index >= 15 is 0 Å². The number of amidine groups is 1. The van der Waals surface area contributed by atoms with Gasteiger partial charge in [-0.3, -0.25) is 5.32 Å². The average molecular weight is 622 g/mol. The lowest BCUT2D eigenvalue weighted by Gasteiger charge is -2.41. The number of allylic oxidation sites excluding steroid dienone is 3. The third kappa shape index (κ3) is 4.76. The molecule has 1 aliphatic carbocycles. The van der Waals surface area contributed by atoms with Crippen molar-refractivity contribution < 1.29 is 4.42 Å². The van der Waals surface area contributed by atoms with Crippen LogP contribution in [0.3, 0.4) is 0 Å². The maximum Gasteiger partial charge on any atom is 0.143 e. The van der Waals surface area contributed by atoms with Crippen molar-refractivity contribution in [2.45, 2.75) is 18.8 Å². The molecule has 0 spiro atoms. The SMILES string of the molecule is CN1C(c2ccccc2)=NC(C2C=CC=CC2)NC1c1cccc2oc3c(-c4ccc(-c5ccccc5)c5ccccc45)cccc3c12. The van der Waals surface area contributed by atoms with E-state index in [2.05, 4.69) is 175 Å². The van der Waals surface area contributed by atoms with Gasteiger partial charge in [-0.2, -0.15) is 0 Å². The molecule has 9 rings (SSSR count). The van der Waals surface area contributed by atoms with Gasteiger partial charge in [-0.25, -0.2) is 4.99 Å². The normalized spacial score (nSPS) is 19.3. The molecule has 3 atom stereocenters. The molecule has 2 heterocycles. The van der Waals surface area contributed by atoms with Crippen molar-refractivity contribution in [3.8, 4) is 22.3 Å². The quantitative estimate of drug-likeness (QED) is 0.208. The first kappa shape index (κ1) is 28.5. The highest BCUT2D eigenvalue weighted by molar-refractivity contribution is 6.14. The second-order valence-corrected chi connectivity index (χ2v) is 12.7. The zero-order valence-electron chi connectivity index (χ0n) is 26.8. The second-order valence-electron chi connectivity index (χ2n) is 12.7. The van der Waals surface area contributed by atoms with Gasteiger partial charge in [0.2, 0.25) is 0 Å². The number of aliphatic imine (C=N–C) groups is 1. The number of nitrogens with one attached hydrogen (secondary N) is 1. The Kier molecular flexibility index (Phi) is 7.02. The topological polar surface area (TPSA) is 40.8 Å². The molecule has 0 saturated heterocycles. The van der Waals surface area contributed by atoms with Crippen molar-refractivity contribution >= 4 is 38.5 Å². The molecule has 0 radical (unpaired) electrons. The van der Waals surface area contributed by atoms with Crippen molar-refractivity contribution in [3.05, 3.63) is 169 Å². The van der Waals surface area contributed by atoms with Gasteiger partial charge in [0.1, 0.15) is 29.3 Å². The summed E-state index contributed by atoms with van der Waals surface area (Å²) in [6, 6.07) is 47.4. The summed E-state index contributed by atoms with van der Waals surface area (Å²) in [7, 11) is 2.14. The minimum atomic E-state index is -0.110. The van der Waals surface area contributed by atoms with Gasteiger partial charge in [0, 0.05) is 40.4 Å². The van der Waals surface area contributed by atoms with E-state index < -0.39 is 0 Å². The minimum absolute atomic E-state index is 0.0684. The molecule has 1 aliphatic heterocycles. The van der Waals surface area contributed by atoms with Crippen molar-refractivity contribution in [1.29, 1.82) is 0 Å². The van der Waals surface area contributed by atoms with E-state index in [1.807, 2.05) is 0 Å². The largest absolute Gasteiger partial charge is 0.455 e. The highest BCUT2D eigenvalue weighted by Crippen LogP contribution is 2.43. The standard InChI is InChI=1S/C44H35N3O/c1-47-43(31-19-9-4-10-20-31)45-42(30-17-7-3-8-18-30)46-44(47)38-25-14-26-39-40(38)37-24-13-23-36(41(37)48-39)35-28-27-32(29-15-5-2-6-16-29)33-21-11-12-22-34(33)35/h2-17,19-28,30,42,44,46H,18H2,1H3. The number of rotatable bonds is 5. The first-order valence-electron chi connectivity index (χ1n) is 16.7. The zero-order valence-corrected chi connectivity index (χ0v) is 26.8. The summed E-state index contributed by atoms with van der Waals surface area (Å²) in [6.07, 6.45) is 9.55. The van der Waals surface area contributed by atoms with Crippen molar-refractivity contribution in [2.24, 2.45) is 10.9 Å². The van der Waals surface area contributed by atoms with Crippen LogP contribution in [0, 0.1) is 5.92 Å². The molecule has 3 unspecified atom stereocenters. The lowest BCUT2D eigenvalue weighted by Crippen LogP contribution is -2.51. The van der Waals surface area contributed by atoms with Crippen LogP contribution >= 0.6 is 0 Å². The van der Waals surface area contributed by atoms with Crippen molar-refractivity contribution in [2.75, 3.05) is 7.05 Å². The van der Waals surface area contributed by atoms with Gasteiger partial charge in [0.25, 0.3) is 0 Å². The minimum Gasteiger partial charge on any atom is -0.455 e. The van der Waals surface area contributed by atoms with Crippen LogP contribution in [0.5, 0.6) is 0 Å². The third-order valence-corrected chi connectivity index (χ3v) is 9.91. The van der Waals surface area contributed by atoms with Crippen LogP contribution in [0.2, 0.25) is 0 Å². The predicted molar refractivity (Wildman–Crippen MR) is 199 cm³/mol. The van der Waals surface area contributed by atoms with E-state index in [9.17, 15) is 0 Å². The van der Waals surface area contributed by atoms with Crippen LogP contribution < -0.4 is 5.32 Å². The Hall–Kier alpha value is -5.71. The summed E-state index contributed by atoms with van der Waals surface area (Å²) in [5.41, 5.74) is 8.80. The van der Waals surface area contributed by atoms with Crippen molar-refractivity contribution in [1.82, 2.24) is 10.2 Å². The molecule has 0 bridgehead atoms. The first-order chi connectivity index (χ1) is 23.7. The lowest BCUT2D eigenvalue weighted by molar-refractivity contribution is 0.232. The highest BCUT2D eigenvalue weighted by atomic mass is 16.3. The Bertz CT molecular complexity index is 2390. The van der Waals surface area contributed by atoms with Crippen LogP contribution in [-0.2, 0) is 0 Å². The number of nitrogens with zero attached hydrogens (tertiary/aromatic N) is 2. The predicted octanol–water partition coefficient (Wildman–Crippen LogP) is 10.5. The van der Waals surface area contributed by atoms with Gasteiger partial charge in [-0.05, 0) is 39.9 Å². The fourth-order valence-electron chi connectivity index (χ4n) is 7.59. The molecule has 48 heavy (non-hydrogen) atoms. The molecule has 1 N–H and O–H groups in total. The molecule has 0 saturated carbocycles. The summed E-state index contributed by atoms with van der Waals surface area (Å²) in [4.78, 5) is 7.58. The molecule has 0 amide bonds. The van der Waals surface area contributed by atoms with E-state index in [1.165, 1.54) is 33.0 Å². The van der Waals surface area contributed by atoms with Crippen molar-refractivity contribution in [3.63, 3.8) is 0 Å². The molecule has 2 aliphatic rings. The third-order valence-electron chi connectivity index (χ3n) is 9.91. The van der Waals surface area contributed by atoms with E-state index in [0.29, 0.717) is 0 Å². The van der Waals surface area contributed by atoms with Gasteiger partial charge < -0.3 is 9.32 Å². The molecule has 232 valence electrons. The molecule has 6 aromatic carbocycles. The smallest absolute Gasteiger partial charge is 0.143 e. The fourth-order valence-corrected chi connectivity index (χ4v) is 7.59. The zero-order chi connectivity index (χ0) is 32.0. The van der Waals surface area contributed by atoms with Gasteiger partial charge in [-0.1, -0.05) is 152 Å². The van der Waals surface area contributed by atoms with Crippen LogP contribution in [0.4, 0.5) is 0 Å². The van der Waals surface area contributed by atoms with Crippen LogP contribution in [0.15, 0.2) is 167 Å². The number of fused-ring (bicyclic) bond motifs is 4. The average Bonchev–Trinajstić information content (AvgIpc) is 3.55. The first-order valence-corrected chi connectivity index (χ1v) is 16.7. The van der Waals surface area contributed by atoms with Crippen LogP contribution in [0.25, 0.3) is 55.0 Å². The molecule has 4 heteroatoms. The van der Waals surface area contributed by atoms with E-state index in [0.717, 1.165) is 45.3 Å². The number of furan rings is 1. The number of benzene rings is 6. The van der Waals surface area contributed by atoms with Gasteiger partial charge in [0.05, 0.1) is 0 Å². The number of hydrogen-bond donors (Lipinski definition) is 1. The Morgan fingerprint density at radius 1 is 0.646 bits per heavy atom. The summed E-state index contributed by atoms with van der Waals surface area (Å²) in [5, 5.41) is 8.63. The lowest BCUT2D eigenvalue weighted by atomic mass is 9.91. The summed E-state index contributed by atoms with van der Waals surface area (Å²) in [6.45, 7) is 0. The number of hydrogen-bond acceptors (Lipinski definition) is 4. The van der Waals surface area contributed by atoms with Crippen LogP contribution in [-0.4, -0.2) is 23.9 Å². The molecule has 7 aromatic rings. The van der Waals surface area contributed by atoms with Gasteiger partial charge in [-0.15, -0.1) is 0 Å². The fraction of sp³-hybridized carbons (Fsp3) is 0.114. The summed E-state index contributed by atoms with van der Waals surface area (Å²) < 4.78 is 6.83. The maximum atomic E-state index is 6.83. The molecule has 1 aromatic heterocycles. The number of para-hydroxylation sites is 1.